The lowest BCUT2D eigenvalue weighted by Crippen LogP contribution is -2.28. The fourth-order valence-electron chi connectivity index (χ4n) is 1.80. The van der Waals surface area contributed by atoms with Crippen molar-refractivity contribution >= 4 is 17.8 Å². The van der Waals surface area contributed by atoms with Crippen molar-refractivity contribution < 1.29 is 0 Å². The molecule has 0 unspecified atom stereocenters. The Bertz CT molecular complexity index is 365. The van der Waals surface area contributed by atoms with Crippen LogP contribution in [0.2, 0.25) is 0 Å². The standard InChI is InChI=1S/C11H20N6/c1-4-17(5-2)11-14-9(12)13-10(15-11)16(3)8-6-7-8/h8H,4-7H2,1-3H3,(H2,12,13,14,15). The molecule has 1 aliphatic rings. The van der Waals surface area contributed by atoms with Crippen LogP contribution in [0.15, 0.2) is 0 Å². The SMILES string of the molecule is CCN(CC)c1nc(N)nc(N(C)C2CC2)n1. The number of aromatic nitrogens is 3. The molecule has 0 aromatic carbocycles. The lowest BCUT2D eigenvalue weighted by molar-refractivity contribution is 0.793. The molecule has 94 valence electrons. The monoisotopic (exact) mass is 236 g/mol. The number of rotatable bonds is 5. The van der Waals surface area contributed by atoms with E-state index >= 15 is 0 Å². The van der Waals surface area contributed by atoms with Gasteiger partial charge in [0.05, 0.1) is 0 Å². The van der Waals surface area contributed by atoms with Gasteiger partial charge in [0.25, 0.3) is 0 Å². The van der Waals surface area contributed by atoms with Gasteiger partial charge in [0.1, 0.15) is 0 Å². The van der Waals surface area contributed by atoms with Crippen LogP contribution in [0.5, 0.6) is 0 Å². The molecule has 1 aliphatic carbocycles. The lowest BCUT2D eigenvalue weighted by atomic mass is 10.5. The molecule has 0 bridgehead atoms. The first-order valence-electron chi connectivity index (χ1n) is 6.15. The third-order valence-corrected chi connectivity index (χ3v) is 3.09. The highest BCUT2D eigenvalue weighted by Crippen LogP contribution is 2.28. The van der Waals surface area contributed by atoms with Gasteiger partial charge in [-0.2, -0.15) is 15.0 Å². The molecule has 0 amide bonds. The summed E-state index contributed by atoms with van der Waals surface area (Å²) in [6.07, 6.45) is 2.42. The van der Waals surface area contributed by atoms with Crippen molar-refractivity contribution in [3.05, 3.63) is 0 Å². The molecule has 1 saturated carbocycles. The molecule has 2 N–H and O–H groups in total. The van der Waals surface area contributed by atoms with E-state index in [1.807, 2.05) is 7.05 Å². The fourth-order valence-corrected chi connectivity index (χ4v) is 1.80. The minimum Gasteiger partial charge on any atom is -0.368 e. The van der Waals surface area contributed by atoms with Crippen molar-refractivity contribution in [2.45, 2.75) is 32.7 Å². The summed E-state index contributed by atoms with van der Waals surface area (Å²) in [6.45, 7) is 5.89. The first kappa shape index (κ1) is 11.9. The van der Waals surface area contributed by atoms with Gasteiger partial charge in [0.2, 0.25) is 17.8 Å². The Hall–Kier alpha value is -1.59. The zero-order chi connectivity index (χ0) is 12.4. The summed E-state index contributed by atoms with van der Waals surface area (Å²) in [5.41, 5.74) is 5.75. The van der Waals surface area contributed by atoms with Crippen molar-refractivity contribution in [1.29, 1.82) is 0 Å². The van der Waals surface area contributed by atoms with Gasteiger partial charge in [-0.15, -0.1) is 0 Å². The van der Waals surface area contributed by atoms with Crippen LogP contribution in [0.1, 0.15) is 26.7 Å². The van der Waals surface area contributed by atoms with Gasteiger partial charge in [0, 0.05) is 26.2 Å². The molecule has 0 spiro atoms. The molecule has 1 heterocycles. The number of nitrogens with zero attached hydrogens (tertiary/aromatic N) is 5. The van der Waals surface area contributed by atoms with Crippen molar-refractivity contribution in [2.24, 2.45) is 0 Å². The van der Waals surface area contributed by atoms with Crippen molar-refractivity contribution in [3.8, 4) is 0 Å². The molecule has 1 aromatic rings. The Morgan fingerprint density at radius 1 is 1.12 bits per heavy atom. The van der Waals surface area contributed by atoms with E-state index in [1.54, 1.807) is 0 Å². The van der Waals surface area contributed by atoms with E-state index in [4.69, 9.17) is 5.73 Å². The van der Waals surface area contributed by atoms with Crippen LogP contribution in [-0.2, 0) is 0 Å². The highest BCUT2D eigenvalue weighted by molar-refractivity contribution is 5.44. The van der Waals surface area contributed by atoms with E-state index in [-0.39, 0.29) is 0 Å². The average molecular weight is 236 g/mol. The Balaban J connectivity index is 2.27. The van der Waals surface area contributed by atoms with Crippen LogP contribution < -0.4 is 15.5 Å². The topological polar surface area (TPSA) is 71.2 Å². The molecule has 1 fully saturated rings. The zero-order valence-corrected chi connectivity index (χ0v) is 10.7. The Labute approximate surface area is 102 Å². The average Bonchev–Trinajstić information content (AvgIpc) is 3.13. The van der Waals surface area contributed by atoms with Crippen LogP contribution in [0.4, 0.5) is 17.8 Å². The molecule has 0 radical (unpaired) electrons. The zero-order valence-electron chi connectivity index (χ0n) is 10.7. The molecule has 17 heavy (non-hydrogen) atoms. The van der Waals surface area contributed by atoms with Crippen molar-refractivity contribution in [3.63, 3.8) is 0 Å². The summed E-state index contributed by atoms with van der Waals surface area (Å²) in [5.74, 6) is 1.65. The van der Waals surface area contributed by atoms with Gasteiger partial charge in [-0.3, -0.25) is 0 Å². The summed E-state index contributed by atoms with van der Waals surface area (Å²) < 4.78 is 0. The minimum atomic E-state index is 0.296. The Kier molecular flexibility index (Phi) is 3.31. The largest absolute Gasteiger partial charge is 0.368 e. The van der Waals surface area contributed by atoms with Gasteiger partial charge in [0.15, 0.2) is 0 Å². The number of nitrogen functional groups attached to an aromatic ring is 1. The predicted octanol–water partition coefficient (Wildman–Crippen LogP) is 0.899. The molecular weight excluding hydrogens is 216 g/mol. The van der Waals surface area contributed by atoms with Crippen LogP contribution in [0, 0.1) is 0 Å². The number of nitrogens with two attached hydrogens (primary N) is 1. The van der Waals surface area contributed by atoms with E-state index in [0.717, 1.165) is 13.1 Å². The second kappa shape index (κ2) is 4.73. The van der Waals surface area contributed by atoms with Gasteiger partial charge >= 0.3 is 0 Å². The Morgan fingerprint density at radius 2 is 1.71 bits per heavy atom. The maximum Gasteiger partial charge on any atom is 0.231 e. The van der Waals surface area contributed by atoms with Gasteiger partial charge in [-0.1, -0.05) is 0 Å². The van der Waals surface area contributed by atoms with Crippen LogP contribution in [0.3, 0.4) is 0 Å². The number of anilines is 3. The molecule has 2 rings (SSSR count). The van der Waals surface area contributed by atoms with Crippen LogP contribution in [-0.4, -0.2) is 41.1 Å². The van der Waals surface area contributed by atoms with Crippen molar-refractivity contribution in [2.75, 3.05) is 35.7 Å². The summed E-state index contributed by atoms with van der Waals surface area (Å²) in [7, 11) is 2.01. The van der Waals surface area contributed by atoms with E-state index < -0.39 is 0 Å². The van der Waals surface area contributed by atoms with E-state index in [1.165, 1.54) is 12.8 Å². The predicted molar refractivity (Wildman–Crippen MR) is 69.2 cm³/mol. The second-order valence-corrected chi connectivity index (χ2v) is 4.31. The fraction of sp³-hybridized carbons (Fsp3) is 0.727. The summed E-state index contributed by atoms with van der Waals surface area (Å²) in [5, 5.41) is 0. The highest BCUT2D eigenvalue weighted by Gasteiger charge is 2.28. The number of hydrogen-bond acceptors (Lipinski definition) is 6. The molecule has 0 saturated heterocycles. The molecule has 0 aliphatic heterocycles. The van der Waals surface area contributed by atoms with E-state index in [2.05, 4.69) is 38.6 Å². The first-order chi connectivity index (χ1) is 8.15. The third kappa shape index (κ3) is 2.57. The van der Waals surface area contributed by atoms with Crippen LogP contribution in [0.25, 0.3) is 0 Å². The Morgan fingerprint density at radius 3 is 2.24 bits per heavy atom. The highest BCUT2D eigenvalue weighted by atomic mass is 15.4. The van der Waals surface area contributed by atoms with Gasteiger partial charge < -0.3 is 15.5 Å². The van der Waals surface area contributed by atoms with Gasteiger partial charge in [-0.05, 0) is 26.7 Å². The minimum absolute atomic E-state index is 0.296. The third-order valence-electron chi connectivity index (χ3n) is 3.09. The van der Waals surface area contributed by atoms with E-state index in [0.29, 0.717) is 23.9 Å². The molecule has 6 heteroatoms. The maximum atomic E-state index is 5.75. The molecule has 1 aromatic heterocycles. The quantitative estimate of drug-likeness (QED) is 0.819. The van der Waals surface area contributed by atoms with E-state index in [9.17, 15) is 0 Å². The molecule has 0 atom stereocenters. The number of hydrogen-bond donors (Lipinski definition) is 1. The first-order valence-corrected chi connectivity index (χ1v) is 6.15. The second-order valence-electron chi connectivity index (χ2n) is 4.31. The van der Waals surface area contributed by atoms with Crippen LogP contribution >= 0.6 is 0 Å². The smallest absolute Gasteiger partial charge is 0.231 e. The van der Waals surface area contributed by atoms with Gasteiger partial charge in [-0.25, -0.2) is 0 Å². The van der Waals surface area contributed by atoms with Crippen molar-refractivity contribution in [1.82, 2.24) is 15.0 Å². The lowest BCUT2D eigenvalue weighted by Gasteiger charge is -2.21. The summed E-state index contributed by atoms with van der Waals surface area (Å²) >= 11 is 0. The molecular formula is C11H20N6. The summed E-state index contributed by atoms with van der Waals surface area (Å²) in [4.78, 5) is 17.0. The summed E-state index contributed by atoms with van der Waals surface area (Å²) in [6, 6.07) is 0.571. The normalized spacial score (nSPS) is 14.8. The maximum absolute atomic E-state index is 5.75. The molecule has 6 nitrogen and oxygen atoms in total.